The number of urea groups is 1. The van der Waals surface area contributed by atoms with Gasteiger partial charge in [-0.25, -0.2) is 13.2 Å². The Morgan fingerprint density at radius 1 is 1.04 bits per heavy atom. The number of pyridine rings is 1. The van der Waals surface area contributed by atoms with Crippen molar-refractivity contribution in [3.63, 3.8) is 0 Å². The fraction of sp³-hybridized carbons (Fsp3) is 0.294. The number of amides is 2. The maximum absolute atomic E-state index is 12.4. The molecule has 2 heterocycles. The molecular weight excluding hydrogens is 340 g/mol. The van der Waals surface area contributed by atoms with E-state index < -0.39 is 10.0 Å². The van der Waals surface area contributed by atoms with Crippen LogP contribution in [0.4, 0.5) is 10.5 Å². The molecule has 0 radical (unpaired) electrons. The first-order chi connectivity index (χ1) is 12.1. The van der Waals surface area contributed by atoms with E-state index in [1.807, 2.05) is 12.1 Å². The van der Waals surface area contributed by atoms with Crippen LogP contribution in [-0.4, -0.2) is 36.8 Å². The molecule has 3 rings (SSSR count). The molecule has 0 saturated carbocycles. The Morgan fingerprint density at radius 2 is 1.68 bits per heavy atom. The smallest absolute Gasteiger partial charge is 0.319 e. The number of nitrogens with one attached hydrogen (secondary N) is 2. The van der Waals surface area contributed by atoms with E-state index in [4.69, 9.17) is 0 Å². The normalized spacial score (nSPS) is 15.0. The molecular formula is C17H20N4O3S. The fourth-order valence-corrected chi connectivity index (χ4v) is 4.16. The first-order valence-electron chi connectivity index (χ1n) is 8.10. The topological polar surface area (TPSA) is 91.4 Å². The number of benzene rings is 1. The number of rotatable bonds is 5. The predicted molar refractivity (Wildman–Crippen MR) is 94.5 cm³/mol. The van der Waals surface area contributed by atoms with Crippen molar-refractivity contribution in [3.05, 3.63) is 54.4 Å². The lowest BCUT2D eigenvalue weighted by atomic mass is 10.3. The van der Waals surface area contributed by atoms with Crippen LogP contribution in [0.15, 0.2) is 53.7 Å². The molecule has 1 fully saturated rings. The van der Waals surface area contributed by atoms with Crippen molar-refractivity contribution in [2.24, 2.45) is 0 Å². The Hall–Kier alpha value is -2.45. The van der Waals surface area contributed by atoms with Gasteiger partial charge < -0.3 is 10.6 Å². The number of sulfonamides is 1. The standard InChI is InChI=1S/C17H20N4O3S/c22-17(19-13-14-7-9-18-10-8-14)20-15-3-5-16(6-4-15)25(23,24)21-11-1-2-12-21/h3-10H,1-2,11-13H2,(H2,19,20,22). The Labute approximate surface area is 147 Å². The van der Waals surface area contributed by atoms with E-state index in [1.165, 1.54) is 16.4 Å². The van der Waals surface area contributed by atoms with Gasteiger partial charge in [0.1, 0.15) is 0 Å². The molecule has 1 saturated heterocycles. The van der Waals surface area contributed by atoms with Crippen molar-refractivity contribution in [1.82, 2.24) is 14.6 Å². The molecule has 1 aliphatic heterocycles. The molecule has 0 aliphatic carbocycles. The average molecular weight is 360 g/mol. The molecule has 0 atom stereocenters. The third-order valence-electron chi connectivity index (χ3n) is 4.02. The summed E-state index contributed by atoms with van der Waals surface area (Å²) in [7, 11) is -3.43. The van der Waals surface area contributed by atoms with Gasteiger partial charge in [-0.1, -0.05) is 0 Å². The quantitative estimate of drug-likeness (QED) is 0.855. The van der Waals surface area contributed by atoms with E-state index in [9.17, 15) is 13.2 Å². The predicted octanol–water partition coefficient (Wildman–Crippen LogP) is 2.19. The van der Waals surface area contributed by atoms with Crippen LogP contribution in [0.1, 0.15) is 18.4 Å². The highest BCUT2D eigenvalue weighted by molar-refractivity contribution is 7.89. The second kappa shape index (κ2) is 7.62. The van der Waals surface area contributed by atoms with Crippen LogP contribution in [0, 0.1) is 0 Å². The van der Waals surface area contributed by atoms with Crippen LogP contribution in [0.2, 0.25) is 0 Å². The summed E-state index contributed by atoms with van der Waals surface area (Å²) < 4.78 is 26.4. The zero-order valence-electron chi connectivity index (χ0n) is 13.7. The molecule has 2 amide bonds. The number of carbonyl (C=O) groups is 1. The summed E-state index contributed by atoms with van der Waals surface area (Å²) in [5, 5.41) is 5.42. The molecule has 2 aromatic rings. The summed E-state index contributed by atoms with van der Waals surface area (Å²) in [6.45, 7) is 1.52. The number of aromatic nitrogens is 1. The Morgan fingerprint density at radius 3 is 2.32 bits per heavy atom. The van der Waals surface area contributed by atoms with E-state index in [0.29, 0.717) is 25.3 Å². The molecule has 2 N–H and O–H groups in total. The van der Waals surface area contributed by atoms with Gasteiger partial charge in [-0.2, -0.15) is 4.31 Å². The lowest BCUT2D eigenvalue weighted by Gasteiger charge is -2.15. The monoisotopic (exact) mass is 360 g/mol. The van der Waals surface area contributed by atoms with Crippen LogP contribution in [0.3, 0.4) is 0 Å². The Balaban J connectivity index is 1.58. The number of anilines is 1. The number of nitrogens with zero attached hydrogens (tertiary/aromatic N) is 2. The van der Waals surface area contributed by atoms with Crippen LogP contribution in [-0.2, 0) is 16.6 Å². The van der Waals surface area contributed by atoms with E-state index in [-0.39, 0.29) is 10.9 Å². The van der Waals surface area contributed by atoms with Gasteiger partial charge in [0.05, 0.1) is 4.90 Å². The van der Waals surface area contributed by atoms with E-state index in [0.717, 1.165) is 18.4 Å². The summed E-state index contributed by atoms with van der Waals surface area (Å²) in [5.41, 5.74) is 1.48. The molecule has 25 heavy (non-hydrogen) atoms. The van der Waals surface area contributed by atoms with Gasteiger partial charge >= 0.3 is 6.03 Å². The van der Waals surface area contributed by atoms with Crippen LogP contribution >= 0.6 is 0 Å². The van der Waals surface area contributed by atoms with Gasteiger partial charge in [0.2, 0.25) is 10.0 Å². The Kier molecular flexibility index (Phi) is 5.30. The molecule has 0 spiro atoms. The molecule has 0 unspecified atom stereocenters. The van der Waals surface area contributed by atoms with Crippen molar-refractivity contribution in [2.75, 3.05) is 18.4 Å². The summed E-state index contributed by atoms with van der Waals surface area (Å²) in [6, 6.07) is 9.51. The van der Waals surface area contributed by atoms with Crippen molar-refractivity contribution in [3.8, 4) is 0 Å². The van der Waals surface area contributed by atoms with Gasteiger partial charge in [-0.05, 0) is 54.8 Å². The number of hydrogen-bond donors (Lipinski definition) is 2. The van der Waals surface area contributed by atoms with Crippen molar-refractivity contribution in [1.29, 1.82) is 0 Å². The van der Waals surface area contributed by atoms with Gasteiger partial charge in [-0.15, -0.1) is 0 Å². The lowest BCUT2D eigenvalue weighted by Crippen LogP contribution is -2.28. The Bertz CT molecular complexity index is 817. The summed E-state index contributed by atoms with van der Waals surface area (Å²) in [5.74, 6) is 0. The minimum absolute atomic E-state index is 0.247. The van der Waals surface area contributed by atoms with Crippen LogP contribution in [0.5, 0.6) is 0 Å². The summed E-state index contributed by atoms with van der Waals surface area (Å²) in [6.07, 6.45) is 5.12. The maximum atomic E-state index is 12.4. The van der Waals surface area contributed by atoms with Crippen molar-refractivity contribution >= 4 is 21.7 Å². The van der Waals surface area contributed by atoms with E-state index >= 15 is 0 Å². The minimum Gasteiger partial charge on any atom is -0.334 e. The zero-order chi connectivity index (χ0) is 17.7. The first-order valence-corrected chi connectivity index (χ1v) is 9.54. The zero-order valence-corrected chi connectivity index (χ0v) is 14.5. The van der Waals surface area contributed by atoms with Crippen LogP contribution in [0.25, 0.3) is 0 Å². The van der Waals surface area contributed by atoms with Crippen molar-refractivity contribution in [2.45, 2.75) is 24.3 Å². The summed E-state index contributed by atoms with van der Waals surface area (Å²) in [4.78, 5) is 16.1. The highest BCUT2D eigenvalue weighted by Gasteiger charge is 2.26. The highest BCUT2D eigenvalue weighted by atomic mass is 32.2. The van der Waals surface area contributed by atoms with Gasteiger partial charge in [0.25, 0.3) is 0 Å². The molecule has 1 aliphatic rings. The minimum atomic E-state index is -3.43. The molecule has 1 aromatic heterocycles. The number of hydrogen-bond acceptors (Lipinski definition) is 4. The molecule has 132 valence electrons. The fourth-order valence-electron chi connectivity index (χ4n) is 2.65. The van der Waals surface area contributed by atoms with Crippen LogP contribution < -0.4 is 10.6 Å². The van der Waals surface area contributed by atoms with Gasteiger partial charge in [-0.3, -0.25) is 4.98 Å². The third-order valence-corrected chi connectivity index (χ3v) is 5.93. The molecule has 8 heteroatoms. The third kappa shape index (κ3) is 4.34. The molecule has 1 aromatic carbocycles. The van der Waals surface area contributed by atoms with E-state index in [2.05, 4.69) is 15.6 Å². The van der Waals surface area contributed by atoms with Gasteiger partial charge in [0, 0.05) is 37.7 Å². The summed E-state index contributed by atoms with van der Waals surface area (Å²) >= 11 is 0. The SMILES string of the molecule is O=C(NCc1ccncc1)Nc1ccc(S(=O)(=O)N2CCCC2)cc1. The van der Waals surface area contributed by atoms with Gasteiger partial charge in [0.15, 0.2) is 0 Å². The second-order valence-corrected chi connectivity index (χ2v) is 7.74. The molecule has 0 bridgehead atoms. The van der Waals surface area contributed by atoms with E-state index in [1.54, 1.807) is 24.5 Å². The number of carbonyl (C=O) groups excluding carboxylic acids is 1. The largest absolute Gasteiger partial charge is 0.334 e. The first kappa shape index (κ1) is 17.4. The average Bonchev–Trinajstić information content (AvgIpc) is 3.17. The lowest BCUT2D eigenvalue weighted by molar-refractivity contribution is 0.251. The highest BCUT2D eigenvalue weighted by Crippen LogP contribution is 2.22. The molecule has 7 nitrogen and oxygen atoms in total. The van der Waals surface area contributed by atoms with Crippen molar-refractivity contribution < 1.29 is 13.2 Å². The second-order valence-electron chi connectivity index (χ2n) is 5.80. The maximum Gasteiger partial charge on any atom is 0.319 e.